The topological polar surface area (TPSA) is 102 Å². The molecule has 0 radical (unpaired) electrons. The Morgan fingerprint density at radius 3 is 2.59 bits per heavy atom. The quantitative estimate of drug-likeness (QED) is 0.136. The summed E-state index contributed by atoms with van der Waals surface area (Å²) in [4.78, 5) is 36.6. The fraction of sp³-hybridized carbons (Fsp3) is 0.207. The standard InChI is InChI=1S/C29H24N4O4S2/c34-27-26(17-21-15-16-25(37-21)22-13-7-8-14-24(22)33(35)36)39-29(32(27)20-11-5-2-6-12-20)31-28-30-23(18-38-28)19-9-3-1-4-10-19/h1,3-4,7-10,13-18,20H,2,5-6,11-12H2/b26-17+,31-29+. The lowest BCUT2D eigenvalue weighted by atomic mass is 9.94. The van der Waals surface area contributed by atoms with E-state index >= 15 is 0 Å². The third-order valence-corrected chi connectivity index (χ3v) is 8.51. The molecule has 2 aromatic carbocycles. The molecule has 4 aromatic rings. The fourth-order valence-corrected chi connectivity index (χ4v) is 6.68. The molecular weight excluding hydrogens is 532 g/mol. The van der Waals surface area contributed by atoms with E-state index in [0.29, 0.717) is 32.3 Å². The number of hydrogen-bond acceptors (Lipinski definition) is 8. The molecule has 3 heterocycles. The van der Waals surface area contributed by atoms with Crippen molar-refractivity contribution >= 4 is 51.1 Å². The van der Waals surface area contributed by atoms with Crippen LogP contribution in [-0.2, 0) is 4.79 Å². The Balaban J connectivity index is 1.32. The molecule has 1 aliphatic heterocycles. The summed E-state index contributed by atoms with van der Waals surface area (Å²) in [5.74, 6) is 0.720. The number of aliphatic imine (C=N–C) groups is 1. The number of nitro groups is 1. The second kappa shape index (κ2) is 11.0. The van der Waals surface area contributed by atoms with Gasteiger partial charge >= 0.3 is 0 Å². The zero-order valence-corrected chi connectivity index (χ0v) is 22.5. The number of nitrogens with zero attached hydrogens (tertiary/aromatic N) is 4. The van der Waals surface area contributed by atoms with E-state index in [-0.39, 0.29) is 17.6 Å². The number of para-hydroxylation sites is 1. The Bertz CT molecular complexity index is 1590. The van der Waals surface area contributed by atoms with Crippen LogP contribution in [0.4, 0.5) is 10.8 Å². The predicted molar refractivity (Wildman–Crippen MR) is 155 cm³/mol. The molecule has 0 unspecified atom stereocenters. The Hall–Kier alpha value is -4.02. The Kier molecular flexibility index (Phi) is 7.12. The van der Waals surface area contributed by atoms with Gasteiger partial charge in [0.2, 0.25) is 5.13 Å². The maximum absolute atomic E-state index is 13.7. The van der Waals surface area contributed by atoms with Crippen molar-refractivity contribution in [3.8, 4) is 22.6 Å². The highest BCUT2D eigenvalue weighted by molar-refractivity contribution is 8.18. The third-order valence-electron chi connectivity index (χ3n) is 6.80. The van der Waals surface area contributed by atoms with Gasteiger partial charge in [-0.15, -0.1) is 11.3 Å². The van der Waals surface area contributed by atoms with Gasteiger partial charge in [-0.25, -0.2) is 4.98 Å². The van der Waals surface area contributed by atoms with Crippen molar-refractivity contribution in [1.82, 2.24) is 9.88 Å². The number of benzene rings is 2. The monoisotopic (exact) mass is 556 g/mol. The highest BCUT2D eigenvalue weighted by Gasteiger charge is 2.39. The van der Waals surface area contributed by atoms with Gasteiger partial charge in [-0.3, -0.25) is 19.8 Å². The smallest absolute Gasteiger partial charge is 0.280 e. The van der Waals surface area contributed by atoms with Crippen LogP contribution in [0.15, 0.2) is 86.4 Å². The number of carbonyl (C=O) groups excluding carboxylic acids is 1. The van der Waals surface area contributed by atoms with Gasteiger partial charge in [0.25, 0.3) is 11.6 Å². The predicted octanol–water partition coefficient (Wildman–Crippen LogP) is 7.92. The maximum atomic E-state index is 13.7. The number of aromatic nitrogens is 1. The van der Waals surface area contributed by atoms with Crippen molar-refractivity contribution in [2.24, 2.45) is 4.99 Å². The lowest BCUT2D eigenvalue weighted by Crippen LogP contribution is -2.40. The average molecular weight is 557 g/mol. The minimum atomic E-state index is -0.432. The van der Waals surface area contributed by atoms with Crippen molar-refractivity contribution in [3.63, 3.8) is 0 Å². The number of thiazole rings is 1. The first kappa shape index (κ1) is 25.3. The number of furan rings is 1. The lowest BCUT2D eigenvalue weighted by Gasteiger charge is -2.30. The van der Waals surface area contributed by atoms with Crippen molar-refractivity contribution in [2.75, 3.05) is 0 Å². The molecule has 1 amide bonds. The van der Waals surface area contributed by atoms with Crippen LogP contribution >= 0.6 is 23.1 Å². The number of carbonyl (C=O) groups is 1. The van der Waals surface area contributed by atoms with Crippen LogP contribution in [0, 0.1) is 10.1 Å². The van der Waals surface area contributed by atoms with Gasteiger partial charge in [-0.1, -0.05) is 61.7 Å². The molecule has 8 nitrogen and oxygen atoms in total. The van der Waals surface area contributed by atoms with Crippen molar-refractivity contribution in [2.45, 2.75) is 38.1 Å². The Labute approximate surface area is 233 Å². The number of hydrogen-bond donors (Lipinski definition) is 0. The maximum Gasteiger partial charge on any atom is 0.280 e. The molecule has 2 aromatic heterocycles. The van der Waals surface area contributed by atoms with Crippen molar-refractivity contribution in [3.05, 3.63) is 92.9 Å². The normalized spacial score (nSPS) is 18.4. The first-order valence-corrected chi connectivity index (χ1v) is 14.4. The summed E-state index contributed by atoms with van der Waals surface area (Å²) in [6.07, 6.45) is 6.91. The summed E-state index contributed by atoms with van der Waals surface area (Å²) in [5, 5.41) is 14.7. The Morgan fingerprint density at radius 1 is 1.03 bits per heavy atom. The number of amides is 1. The van der Waals surface area contributed by atoms with Gasteiger partial charge < -0.3 is 4.42 Å². The van der Waals surface area contributed by atoms with E-state index in [1.165, 1.54) is 35.6 Å². The molecule has 1 saturated heterocycles. The summed E-state index contributed by atoms with van der Waals surface area (Å²) in [6.45, 7) is 0. The average Bonchev–Trinajstić information content (AvgIpc) is 3.70. The highest BCUT2D eigenvalue weighted by Crippen LogP contribution is 2.40. The molecule has 1 saturated carbocycles. The number of rotatable bonds is 6. The second-order valence-corrected chi connectivity index (χ2v) is 11.2. The van der Waals surface area contributed by atoms with Gasteiger partial charge in [-0.05, 0) is 42.8 Å². The molecule has 2 fully saturated rings. The summed E-state index contributed by atoms with van der Waals surface area (Å²) in [5.41, 5.74) is 2.23. The minimum Gasteiger partial charge on any atom is -0.456 e. The second-order valence-electron chi connectivity index (χ2n) is 9.33. The molecule has 39 heavy (non-hydrogen) atoms. The highest BCUT2D eigenvalue weighted by atomic mass is 32.2. The molecule has 0 N–H and O–H groups in total. The first-order valence-electron chi connectivity index (χ1n) is 12.7. The Morgan fingerprint density at radius 2 is 1.79 bits per heavy atom. The van der Waals surface area contributed by atoms with E-state index in [9.17, 15) is 14.9 Å². The fourth-order valence-electron chi connectivity index (χ4n) is 4.91. The van der Waals surface area contributed by atoms with Crippen molar-refractivity contribution < 1.29 is 14.1 Å². The summed E-state index contributed by atoms with van der Waals surface area (Å²) in [7, 11) is 0. The van der Waals surface area contributed by atoms with E-state index < -0.39 is 4.92 Å². The van der Waals surface area contributed by atoms with Gasteiger partial charge in [0.1, 0.15) is 11.5 Å². The van der Waals surface area contributed by atoms with Crippen LogP contribution in [0.25, 0.3) is 28.7 Å². The summed E-state index contributed by atoms with van der Waals surface area (Å²) in [6, 6.07) is 19.9. The van der Waals surface area contributed by atoms with Crippen LogP contribution in [0.2, 0.25) is 0 Å². The van der Waals surface area contributed by atoms with Crippen LogP contribution in [-0.4, -0.2) is 31.9 Å². The molecule has 1 aliphatic carbocycles. The van der Waals surface area contributed by atoms with E-state index in [4.69, 9.17) is 14.4 Å². The van der Waals surface area contributed by atoms with Crippen LogP contribution in [0.3, 0.4) is 0 Å². The molecule has 0 bridgehead atoms. The van der Waals surface area contributed by atoms with Gasteiger partial charge in [-0.2, -0.15) is 4.99 Å². The van der Waals surface area contributed by atoms with Gasteiger partial charge in [0.15, 0.2) is 5.17 Å². The number of thioether (sulfide) groups is 1. The number of nitro benzene ring substituents is 1. The number of amidine groups is 1. The summed E-state index contributed by atoms with van der Waals surface area (Å²) >= 11 is 2.76. The molecule has 0 spiro atoms. The molecule has 10 heteroatoms. The van der Waals surface area contributed by atoms with E-state index in [1.807, 2.05) is 40.6 Å². The molecule has 6 rings (SSSR count). The lowest BCUT2D eigenvalue weighted by molar-refractivity contribution is -0.384. The largest absolute Gasteiger partial charge is 0.456 e. The molecule has 196 valence electrons. The van der Waals surface area contributed by atoms with E-state index in [2.05, 4.69) is 0 Å². The third kappa shape index (κ3) is 5.30. The van der Waals surface area contributed by atoms with E-state index in [0.717, 1.165) is 36.9 Å². The molecular formula is C29H24N4O4S2. The van der Waals surface area contributed by atoms with Crippen molar-refractivity contribution in [1.29, 1.82) is 0 Å². The van der Waals surface area contributed by atoms with Crippen LogP contribution < -0.4 is 0 Å². The zero-order chi connectivity index (χ0) is 26.8. The van der Waals surface area contributed by atoms with Gasteiger partial charge in [0, 0.05) is 29.1 Å². The van der Waals surface area contributed by atoms with Crippen LogP contribution in [0.1, 0.15) is 37.9 Å². The summed E-state index contributed by atoms with van der Waals surface area (Å²) < 4.78 is 5.94. The molecule has 0 atom stereocenters. The minimum absolute atomic E-state index is 0.0337. The SMILES string of the molecule is O=C1/C(=C\c2ccc(-c3ccccc3[N+](=O)[O-])o2)S/C(=N/c2nc(-c3ccccc3)cs2)N1C1CCCCC1. The molecule has 2 aliphatic rings. The first-order chi connectivity index (χ1) is 19.1. The zero-order valence-electron chi connectivity index (χ0n) is 20.9. The van der Waals surface area contributed by atoms with E-state index in [1.54, 1.807) is 36.4 Å². The van der Waals surface area contributed by atoms with Gasteiger partial charge in [0.05, 0.1) is 21.1 Å². The van der Waals surface area contributed by atoms with Crippen LogP contribution in [0.5, 0.6) is 0 Å².